The number of aliphatic hydroxyl groups is 1. The van der Waals surface area contributed by atoms with Crippen LogP contribution in [0.3, 0.4) is 0 Å². The number of amides is 1. The van der Waals surface area contributed by atoms with Crippen LogP contribution in [0.5, 0.6) is 0 Å². The topological polar surface area (TPSA) is 100 Å². The van der Waals surface area contributed by atoms with E-state index in [-0.39, 0.29) is 12.5 Å². The zero-order valence-corrected chi connectivity index (χ0v) is 17.6. The van der Waals surface area contributed by atoms with Crippen LogP contribution < -0.4 is 10.6 Å². The van der Waals surface area contributed by atoms with Crippen LogP contribution in [0.2, 0.25) is 0 Å². The summed E-state index contributed by atoms with van der Waals surface area (Å²) in [5.74, 6) is 0.436. The highest BCUT2D eigenvalue weighted by molar-refractivity contribution is 6.05. The lowest BCUT2D eigenvalue weighted by atomic mass is 10.1. The minimum absolute atomic E-state index is 0.0973. The number of aromatic nitrogens is 3. The second-order valence-electron chi connectivity index (χ2n) is 7.27. The summed E-state index contributed by atoms with van der Waals surface area (Å²) in [5, 5.41) is 15.3. The Balaban J connectivity index is 1.55. The van der Waals surface area contributed by atoms with E-state index in [1.807, 2.05) is 61.5 Å². The van der Waals surface area contributed by atoms with E-state index in [1.165, 1.54) is 6.33 Å². The van der Waals surface area contributed by atoms with Crippen molar-refractivity contribution in [2.24, 2.45) is 0 Å². The number of aliphatic hydroxyl groups excluding tert-OH is 1. The molecule has 0 saturated carbocycles. The number of hydrogen-bond donors (Lipinski definition) is 3. The van der Waals surface area contributed by atoms with Gasteiger partial charge < -0.3 is 15.7 Å². The third kappa shape index (κ3) is 4.96. The van der Waals surface area contributed by atoms with Gasteiger partial charge in [0.25, 0.3) is 5.91 Å². The lowest BCUT2D eigenvalue weighted by Gasteiger charge is -2.14. The SMILES string of the molecule is Cc1ccc(C(=O)Nc2ccc(CCO)cc2)cc1Nc1ncccc1-c1ccncn1. The van der Waals surface area contributed by atoms with Crippen LogP contribution in [0, 0.1) is 6.92 Å². The summed E-state index contributed by atoms with van der Waals surface area (Å²) in [4.78, 5) is 25.6. The van der Waals surface area contributed by atoms with Gasteiger partial charge in [-0.15, -0.1) is 0 Å². The normalized spacial score (nSPS) is 10.6. The number of pyridine rings is 1. The largest absolute Gasteiger partial charge is 0.396 e. The average molecular weight is 425 g/mol. The Morgan fingerprint density at radius 2 is 1.84 bits per heavy atom. The maximum atomic E-state index is 12.8. The summed E-state index contributed by atoms with van der Waals surface area (Å²) < 4.78 is 0. The van der Waals surface area contributed by atoms with Gasteiger partial charge in [-0.3, -0.25) is 4.79 Å². The first-order valence-corrected chi connectivity index (χ1v) is 10.2. The molecule has 0 aliphatic carbocycles. The molecule has 0 aliphatic rings. The van der Waals surface area contributed by atoms with Gasteiger partial charge in [-0.05, 0) is 66.9 Å². The molecule has 0 atom stereocenters. The van der Waals surface area contributed by atoms with Gasteiger partial charge in [-0.25, -0.2) is 15.0 Å². The van der Waals surface area contributed by atoms with Gasteiger partial charge in [-0.1, -0.05) is 18.2 Å². The molecule has 0 unspecified atom stereocenters. The van der Waals surface area contributed by atoms with Crippen molar-refractivity contribution >= 4 is 23.1 Å². The molecule has 4 rings (SSSR count). The van der Waals surface area contributed by atoms with E-state index in [1.54, 1.807) is 18.5 Å². The number of nitrogens with one attached hydrogen (secondary N) is 2. The molecule has 0 saturated heterocycles. The zero-order chi connectivity index (χ0) is 22.3. The first-order chi connectivity index (χ1) is 15.6. The minimum Gasteiger partial charge on any atom is -0.396 e. The third-order valence-corrected chi connectivity index (χ3v) is 5.03. The Hall–Kier alpha value is -4.10. The van der Waals surface area contributed by atoms with Crippen LogP contribution in [-0.2, 0) is 6.42 Å². The maximum Gasteiger partial charge on any atom is 0.255 e. The summed E-state index contributed by atoms with van der Waals surface area (Å²) >= 11 is 0. The highest BCUT2D eigenvalue weighted by atomic mass is 16.3. The van der Waals surface area contributed by atoms with Crippen molar-refractivity contribution in [1.29, 1.82) is 0 Å². The number of rotatable bonds is 7. The molecular formula is C25H23N5O2. The molecule has 160 valence electrons. The van der Waals surface area contributed by atoms with E-state index < -0.39 is 0 Å². The fraction of sp³-hybridized carbons (Fsp3) is 0.120. The van der Waals surface area contributed by atoms with Crippen molar-refractivity contribution in [2.75, 3.05) is 17.2 Å². The van der Waals surface area contributed by atoms with Crippen molar-refractivity contribution in [3.8, 4) is 11.3 Å². The predicted octanol–water partition coefficient (Wildman–Crippen LogP) is 4.38. The van der Waals surface area contributed by atoms with Crippen molar-refractivity contribution in [1.82, 2.24) is 15.0 Å². The average Bonchev–Trinajstić information content (AvgIpc) is 2.83. The van der Waals surface area contributed by atoms with Gasteiger partial charge in [0.1, 0.15) is 12.1 Å². The van der Waals surface area contributed by atoms with Gasteiger partial charge >= 0.3 is 0 Å². The minimum atomic E-state index is -0.208. The molecule has 3 N–H and O–H groups in total. The maximum absolute atomic E-state index is 12.8. The molecule has 2 heterocycles. The summed E-state index contributed by atoms with van der Waals surface area (Å²) in [6, 6.07) is 18.6. The monoisotopic (exact) mass is 425 g/mol. The lowest BCUT2D eigenvalue weighted by Crippen LogP contribution is -2.12. The molecule has 7 heteroatoms. The molecule has 0 fully saturated rings. The Labute approximate surface area is 186 Å². The summed E-state index contributed by atoms with van der Waals surface area (Å²) in [6.45, 7) is 2.07. The van der Waals surface area contributed by atoms with E-state index in [9.17, 15) is 4.79 Å². The Kier molecular flexibility index (Phi) is 6.48. The number of anilines is 3. The number of carbonyl (C=O) groups is 1. The standard InChI is InChI=1S/C25H23N5O2/c1-17-4-7-19(25(32)29-20-8-5-18(6-9-20)11-14-31)15-23(17)30-24-21(3-2-12-27-24)22-10-13-26-16-28-22/h2-10,12-13,15-16,31H,11,14H2,1H3,(H,27,30)(H,29,32). The summed E-state index contributed by atoms with van der Waals surface area (Å²) in [7, 11) is 0. The van der Waals surface area contributed by atoms with E-state index in [2.05, 4.69) is 25.6 Å². The number of carbonyl (C=O) groups excluding carboxylic acids is 1. The lowest BCUT2D eigenvalue weighted by molar-refractivity contribution is 0.102. The van der Waals surface area contributed by atoms with Crippen LogP contribution in [0.1, 0.15) is 21.5 Å². The Morgan fingerprint density at radius 1 is 1.00 bits per heavy atom. The van der Waals surface area contributed by atoms with Crippen LogP contribution in [0.4, 0.5) is 17.2 Å². The van der Waals surface area contributed by atoms with Gasteiger partial charge in [0.15, 0.2) is 0 Å². The second kappa shape index (κ2) is 9.80. The van der Waals surface area contributed by atoms with Crippen molar-refractivity contribution in [3.63, 3.8) is 0 Å². The molecular weight excluding hydrogens is 402 g/mol. The van der Waals surface area contributed by atoms with E-state index in [4.69, 9.17) is 5.11 Å². The number of nitrogens with zero attached hydrogens (tertiary/aromatic N) is 3. The quantitative estimate of drug-likeness (QED) is 0.406. The molecule has 0 aliphatic heterocycles. The van der Waals surface area contributed by atoms with Crippen molar-refractivity contribution < 1.29 is 9.90 Å². The van der Waals surface area contributed by atoms with E-state index in [0.29, 0.717) is 23.5 Å². The van der Waals surface area contributed by atoms with Crippen LogP contribution in [0.15, 0.2) is 79.4 Å². The van der Waals surface area contributed by atoms with E-state index >= 15 is 0 Å². The zero-order valence-electron chi connectivity index (χ0n) is 17.6. The van der Waals surface area contributed by atoms with Crippen molar-refractivity contribution in [2.45, 2.75) is 13.3 Å². The predicted molar refractivity (Wildman–Crippen MR) is 125 cm³/mol. The Morgan fingerprint density at radius 3 is 2.59 bits per heavy atom. The second-order valence-corrected chi connectivity index (χ2v) is 7.27. The van der Waals surface area contributed by atoms with Crippen LogP contribution in [0.25, 0.3) is 11.3 Å². The molecule has 0 spiro atoms. The van der Waals surface area contributed by atoms with Gasteiger partial charge in [-0.2, -0.15) is 0 Å². The Bertz CT molecular complexity index is 1210. The first kappa shape index (κ1) is 21.1. The fourth-order valence-electron chi connectivity index (χ4n) is 3.27. The highest BCUT2D eigenvalue weighted by Gasteiger charge is 2.12. The van der Waals surface area contributed by atoms with Gasteiger partial charge in [0, 0.05) is 41.5 Å². The molecule has 32 heavy (non-hydrogen) atoms. The number of hydrogen-bond acceptors (Lipinski definition) is 6. The first-order valence-electron chi connectivity index (χ1n) is 10.2. The summed E-state index contributed by atoms with van der Waals surface area (Å²) in [5.41, 5.74) is 5.60. The number of aryl methyl sites for hydroxylation is 1. The molecule has 2 aromatic heterocycles. The van der Waals surface area contributed by atoms with E-state index in [0.717, 1.165) is 28.1 Å². The smallest absolute Gasteiger partial charge is 0.255 e. The number of benzene rings is 2. The molecule has 1 amide bonds. The molecule has 0 radical (unpaired) electrons. The molecule has 2 aromatic carbocycles. The fourth-order valence-corrected chi connectivity index (χ4v) is 3.27. The van der Waals surface area contributed by atoms with Crippen LogP contribution in [-0.4, -0.2) is 32.6 Å². The summed E-state index contributed by atoms with van der Waals surface area (Å²) in [6.07, 6.45) is 5.48. The molecule has 0 bridgehead atoms. The van der Waals surface area contributed by atoms with Crippen molar-refractivity contribution in [3.05, 3.63) is 96.1 Å². The van der Waals surface area contributed by atoms with Gasteiger partial charge in [0.05, 0.1) is 5.69 Å². The van der Waals surface area contributed by atoms with Gasteiger partial charge in [0.2, 0.25) is 0 Å². The molecule has 7 nitrogen and oxygen atoms in total. The third-order valence-electron chi connectivity index (χ3n) is 5.03. The van der Waals surface area contributed by atoms with Crippen LogP contribution >= 0.6 is 0 Å². The highest BCUT2D eigenvalue weighted by Crippen LogP contribution is 2.28. The molecule has 4 aromatic rings.